The molecule has 0 heterocycles. The summed E-state index contributed by atoms with van der Waals surface area (Å²) in [4.78, 5) is 12.0. The minimum absolute atomic E-state index is 0.126. The molecule has 2 rings (SSSR count). The van der Waals surface area contributed by atoms with Gasteiger partial charge in [-0.1, -0.05) is 25.8 Å². The first-order valence-electron chi connectivity index (χ1n) is 6.99. The number of nitrogens with one attached hydrogen (secondary N) is 1. The van der Waals surface area contributed by atoms with Gasteiger partial charge in [-0.25, -0.2) is 4.39 Å². The van der Waals surface area contributed by atoms with E-state index in [4.69, 9.17) is 0 Å². The van der Waals surface area contributed by atoms with Gasteiger partial charge in [0, 0.05) is 6.04 Å². The van der Waals surface area contributed by atoms with Gasteiger partial charge in [0.2, 0.25) is 0 Å². The average molecular weight is 303 g/mol. The predicted molar refractivity (Wildman–Crippen MR) is 70.3 cm³/mol. The summed E-state index contributed by atoms with van der Waals surface area (Å²) in [5, 5.41) is 2.63. The van der Waals surface area contributed by atoms with Crippen LogP contribution in [0.3, 0.4) is 0 Å². The molecule has 0 bridgehead atoms. The molecule has 1 N–H and O–H groups in total. The van der Waals surface area contributed by atoms with Crippen molar-refractivity contribution in [1.29, 1.82) is 0 Å². The maximum absolute atomic E-state index is 13.9. The molecule has 1 saturated carbocycles. The summed E-state index contributed by atoms with van der Waals surface area (Å²) < 4.78 is 51.8. The van der Waals surface area contributed by atoms with Gasteiger partial charge in [0.05, 0.1) is 11.1 Å². The van der Waals surface area contributed by atoms with Crippen molar-refractivity contribution in [3.05, 3.63) is 35.1 Å². The van der Waals surface area contributed by atoms with E-state index in [0.29, 0.717) is 18.4 Å². The molecular weight excluding hydrogens is 286 g/mol. The van der Waals surface area contributed by atoms with Crippen LogP contribution in [0.5, 0.6) is 0 Å². The summed E-state index contributed by atoms with van der Waals surface area (Å²) in [6, 6.07) is 2.62. The van der Waals surface area contributed by atoms with Crippen LogP contribution in [0.1, 0.15) is 48.5 Å². The molecule has 1 aliphatic carbocycles. The number of hydrogen-bond donors (Lipinski definition) is 1. The van der Waals surface area contributed by atoms with Gasteiger partial charge in [0.25, 0.3) is 5.91 Å². The largest absolute Gasteiger partial charge is 0.419 e. The topological polar surface area (TPSA) is 29.1 Å². The van der Waals surface area contributed by atoms with E-state index in [-0.39, 0.29) is 6.04 Å². The monoisotopic (exact) mass is 303 g/mol. The van der Waals surface area contributed by atoms with Crippen LogP contribution in [0.15, 0.2) is 18.2 Å². The number of halogens is 4. The Bertz CT molecular complexity index is 523. The number of hydrogen-bond acceptors (Lipinski definition) is 1. The number of rotatable bonds is 5. The maximum atomic E-state index is 13.9. The molecule has 0 saturated heterocycles. The number of benzene rings is 1. The second kappa shape index (κ2) is 6.03. The minimum Gasteiger partial charge on any atom is -0.349 e. The lowest BCUT2D eigenvalue weighted by atomic mass is 10.1. The van der Waals surface area contributed by atoms with Gasteiger partial charge in [0.1, 0.15) is 5.82 Å². The second-order valence-electron chi connectivity index (χ2n) is 5.42. The normalized spacial score (nSPS) is 16.6. The van der Waals surface area contributed by atoms with Crippen LogP contribution in [0.25, 0.3) is 0 Å². The molecule has 2 nitrogen and oxygen atoms in total. The molecule has 1 fully saturated rings. The Labute approximate surface area is 120 Å². The van der Waals surface area contributed by atoms with Crippen LogP contribution in [0, 0.1) is 11.7 Å². The molecular formula is C15H17F4NO. The van der Waals surface area contributed by atoms with E-state index >= 15 is 0 Å². The third-order valence-electron chi connectivity index (χ3n) is 3.69. The Morgan fingerprint density at radius 1 is 1.38 bits per heavy atom. The van der Waals surface area contributed by atoms with Crippen molar-refractivity contribution in [2.24, 2.45) is 5.92 Å². The zero-order chi connectivity index (χ0) is 15.6. The van der Waals surface area contributed by atoms with E-state index in [9.17, 15) is 22.4 Å². The molecule has 116 valence electrons. The van der Waals surface area contributed by atoms with Crippen LogP contribution in [-0.4, -0.2) is 11.9 Å². The molecule has 0 radical (unpaired) electrons. The lowest BCUT2D eigenvalue weighted by Crippen LogP contribution is -2.35. The third kappa shape index (κ3) is 3.95. The number of alkyl halides is 3. The zero-order valence-corrected chi connectivity index (χ0v) is 11.6. The predicted octanol–water partition coefficient (Wildman–Crippen LogP) is 4.15. The van der Waals surface area contributed by atoms with Crippen molar-refractivity contribution in [2.75, 3.05) is 0 Å². The van der Waals surface area contributed by atoms with Crippen molar-refractivity contribution >= 4 is 5.91 Å². The molecule has 6 heteroatoms. The summed E-state index contributed by atoms with van der Waals surface area (Å²) in [5.74, 6) is -1.73. The molecule has 0 spiro atoms. The standard InChI is InChI=1S/C15H17F4NO/c1-2-10(8-9-6-7-9)20-14(21)11-4-3-5-12(13(11)16)15(17,18)19/h3-5,9-10H,2,6-8H2,1H3,(H,20,21). The van der Waals surface area contributed by atoms with E-state index in [1.54, 1.807) is 0 Å². The van der Waals surface area contributed by atoms with E-state index in [1.165, 1.54) is 0 Å². The van der Waals surface area contributed by atoms with E-state index < -0.39 is 29.0 Å². The van der Waals surface area contributed by atoms with Crippen LogP contribution >= 0.6 is 0 Å². The molecule has 1 aromatic rings. The van der Waals surface area contributed by atoms with Crippen molar-refractivity contribution in [3.8, 4) is 0 Å². The van der Waals surface area contributed by atoms with Crippen molar-refractivity contribution in [1.82, 2.24) is 5.32 Å². The van der Waals surface area contributed by atoms with Crippen LogP contribution < -0.4 is 5.32 Å². The van der Waals surface area contributed by atoms with Gasteiger partial charge >= 0.3 is 6.18 Å². The van der Waals surface area contributed by atoms with Crippen LogP contribution in [0.2, 0.25) is 0 Å². The summed E-state index contributed by atoms with van der Waals surface area (Å²) in [7, 11) is 0. The van der Waals surface area contributed by atoms with Gasteiger partial charge in [-0.05, 0) is 30.9 Å². The second-order valence-corrected chi connectivity index (χ2v) is 5.42. The molecule has 0 aliphatic heterocycles. The molecule has 1 aliphatic rings. The first-order valence-corrected chi connectivity index (χ1v) is 6.99. The molecule has 1 aromatic carbocycles. The van der Waals surface area contributed by atoms with Crippen molar-refractivity contribution in [3.63, 3.8) is 0 Å². The Morgan fingerprint density at radius 3 is 2.57 bits per heavy atom. The molecule has 1 amide bonds. The van der Waals surface area contributed by atoms with Gasteiger partial charge < -0.3 is 5.32 Å². The SMILES string of the molecule is CCC(CC1CC1)NC(=O)c1cccc(C(F)(F)F)c1F. The van der Waals surface area contributed by atoms with Gasteiger partial charge in [-0.3, -0.25) is 4.79 Å². The number of amides is 1. The summed E-state index contributed by atoms with van der Waals surface area (Å²) in [5.41, 5.74) is -1.97. The fourth-order valence-corrected chi connectivity index (χ4v) is 2.27. The summed E-state index contributed by atoms with van der Waals surface area (Å²) in [6.45, 7) is 1.88. The summed E-state index contributed by atoms with van der Waals surface area (Å²) >= 11 is 0. The van der Waals surface area contributed by atoms with E-state index in [0.717, 1.165) is 31.4 Å². The summed E-state index contributed by atoms with van der Waals surface area (Å²) in [6.07, 6.45) is -1.11. The zero-order valence-electron chi connectivity index (χ0n) is 11.6. The first kappa shape index (κ1) is 15.8. The third-order valence-corrected chi connectivity index (χ3v) is 3.69. The highest BCUT2D eigenvalue weighted by Crippen LogP contribution is 2.34. The molecule has 21 heavy (non-hydrogen) atoms. The Balaban J connectivity index is 2.14. The van der Waals surface area contributed by atoms with E-state index in [2.05, 4.69) is 5.32 Å². The van der Waals surface area contributed by atoms with Gasteiger partial charge in [0.15, 0.2) is 0 Å². The highest BCUT2D eigenvalue weighted by atomic mass is 19.4. The fourth-order valence-electron chi connectivity index (χ4n) is 2.27. The fraction of sp³-hybridized carbons (Fsp3) is 0.533. The Kier molecular flexibility index (Phi) is 4.54. The molecule has 1 atom stereocenters. The Morgan fingerprint density at radius 2 is 2.05 bits per heavy atom. The van der Waals surface area contributed by atoms with Gasteiger partial charge in [-0.15, -0.1) is 0 Å². The highest BCUT2D eigenvalue weighted by molar-refractivity contribution is 5.94. The average Bonchev–Trinajstić information content (AvgIpc) is 3.20. The highest BCUT2D eigenvalue weighted by Gasteiger charge is 2.36. The Hall–Kier alpha value is -1.59. The minimum atomic E-state index is -4.81. The lowest BCUT2D eigenvalue weighted by molar-refractivity contribution is -0.140. The lowest BCUT2D eigenvalue weighted by Gasteiger charge is -2.17. The quantitative estimate of drug-likeness (QED) is 0.813. The van der Waals surface area contributed by atoms with Crippen molar-refractivity contribution in [2.45, 2.75) is 44.8 Å². The first-order chi connectivity index (χ1) is 9.82. The number of carbonyl (C=O) groups excluding carboxylic acids is 1. The smallest absolute Gasteiger partial charge is 0.349 e. The maximum Gasteiger partial charge on any atom is 0.419 e. The van der Waals surface area contributed by atoms with Gasteiger partial charge in [-0.2, -0.15) is 13.2 Å². The number of carbonyl (C=O) groups is 1. The molecule has 0 aromatic heterocycles. The van der Waals surface area contributed by atoms with Crippen LogP contribution in [-0.2, 0) is 6.18 Å². The molecule has 1 unspecified atom stereocenters. The van der Waals surface area contributed by atoms with Crippen molar-refractivity contribution < 1.29 is 22.4 Å². The van der Waals surface area contributed by atoms with E-state index in [1.807, 2.05) is 6.92 Å². The van der Waals surface area contributed by atoms with Crippen LogP contribution in [0.4, 0.5) is 17.6 Å².